The number of halogens is 4. The van der Waals surface area contributed by atoms with E-state index in [-0.39, 0.29) is 36.1 Å². The van der Waals surface area contributed by atoms with Crippen molar-refractivity contribution in [2.75, 3.05) is 6.54 Å². The number of benzene rings is 1. The first-order chi connectivity index (χ1) is 15.9. The van der Waals surface area contributed by atoms with Crippen LogP contribution in [0.2, 0.25) is 0 Å². The maximum Gasteiger partial charge on any atom is 0.435 e. The average Bonchev–Trinajstić information content (AvgIpc) is 3.46. The van der Waals surface area contributed by atoms with Crippen molar-refractivity contribution in [2.24, 2.45) is 11.1 Å². The number of nitrogens with zero attached hydrogens (tertiary/aromatic N) is 3. The van der Waals surface area contributed by atoms with Crippen LogP contribution in [-0.4, -0.2) is 51.6 Å². The fraction of sp³-hybridized carbons (Fsp3) is 0.522. The van der Waals surface area contributed by atoms with Crippen LogP contribution in [0, 0.1) is 12.8 Å². The number of carbonyl (C=O) groups is 1. The minimum Gasteiger partial charge on any atom is -0.391 e. The van der Waals surface area contributed by atoms with Crippen molar-refractivity contribution in [3.63, 3.8) is 0 Å². The highest BCUT2D eigenvalue weighted by Crippen LogP contribution is 2.49. The molecule has 184 valence electrons. The largest absolute Gasteiger partial charge is 0.435 e. The van der Waals surface area contributed by atoms with Gasteiger partial charge < -0.3 is 19.4 Å². The molecule has 11 heteroatoms. The molecule has 4 atom stereocenters. The van der Waals surface area contributed by atoms with Gasteiger partial charge in [-0.2, -0.15) is 13.2 Å². The molecule has 0 saturated carbocycles. The summed E-state index contributed by atoms with van der Waals surface area (Å²) in [5.41, 5.74) is -2.06. The van der Waals surface area contributed by atoms with Gasteiger partial charge >= 0.3 is 6.18 Å². The zero-order chi connectivity index (χ0) is 24.8. The lowest BCUT2D eigenvalue weighted by Crippen LogP contribution is -2.47. The molecule has 4 rings (SSSR count). The first-order valence-electron chi connectivity index (χ1n) is 10.9. The van der Waals surface area contributed by atoms with Gasteiger partial charge in [-0.15, -0.1) is 0 Å². The highest BCUT2D eigenvalue weighted by Gasteiger charge is 2.63. The van der Waals surface area contributed by atoms with Crippen molar-refractivity contribution in [1.82, 2.24) is 10.1 Å². The molecule has 7 nitrogen and oxygen atoms in total. The number of β-amino-alcohol motifs (C(OH)–C–C–N with tert-alkyl or cyclic N) is 1. The second-order valence-corrected chi connectivity index (χ2v) is 10.1. The Bertz CT molecular complexity index is 1090. The summed E-state index contributed by atoms with van der Waals surface area (Å²) in [6, 6.07) is 6.53. The molecule has 2 aliphatic rings. The molecule has 0 bridgehead atoms. The van der Waals surface area contributed by atoms with Gasteiger partial charge in [-0.1, -0.05) is 52.2 Å². The summed E-state index contributed by atoms with van der Waals surface area (Å²) in [6.45, 7) is 5.41. The molecular weight excluding hydrogens is 519 g/mol. The molecule has 1 amide bonds. The van der Waals surface area contributed by atoms with Crippen LogP contribution in [0.3, 0.4) is 0 Å². The molecule has 0 unspecified atom stereocenters. The van der Waals surface area contributed by atoms with Gasteiger partial charge in [0, 0.05) is 35.5 Å². The van der Waals surface area contributed by atoms with Crippen molar-refractivity contribution in [3.05, 3.63) is 51.8 Å². The summed E-state index contributed by atoms with van der Waals surface area (Å²) < 4.78 is 48.8. The SMILES string of the molecule is Cc1cc([C@@H](C(=O)N2C[C@H](O)C[C@H]2C2=NO[C@](c3ccc(Br)cc3)(C(F)(F)F)C2)C(C)C)on1. The van der Waals surface area contributed by atoms with Crippen molar-refractivity contribution >= 4 is 27.5 Å². The number of aliphatic hydroxyl groups is 1. The Morgan fingerprint density at radius 2 is 1.97 bits per heavy atom. The molecule has 2 aliphatic heterocycles. The van der Waals surface area contributed by atoms with E-state index in [1.54, 1.807) is 13.0 Å². The quantitative estimate of drug-likeness (QED) is 0.591. The maximum atomic E-state index is 14.3. The molecule has 0 radical (unpaired) electrons. The number of rotatable bonds is 5. The number of aromatic nitrogens is 1. The summed E-state index contributed by atoms with van der Waals surface area (Å²) in [4.78, 5) is 20.1. The lowest BCUT2D eigenvalue weighted by molar-refractivity contribution is -0.275. The standard InChI is InChI=1S/C23H25BrF3N3O4/c1-12(2)20(19-8-13(3)28-33-19)21(32)30-11-16(31)9-18(30)17-10-22(34-29-17,23(25,26)27)14-4-6-15(24)7-5-14/h4-8,12,16,18,20,31H,9-11H2,1-3H3/t16-,18+,20+,22-/m1/s1. The fourth-order valence-corrected chi connectivity index (χ4v) is 4.91. The van der Waals surface area contributed by atoms with Crippen LogP contribution < -0.4 is 0 Å². The highest BCUT2D eigenvalue weighted by atomic mass is 79.9. The Balaban J connectivity index is 1.64. The number of hydrogen-bond donors (Lipinski definition) is 1. The Morgan fingerprint density at radius 1 is 1.29 bits per heavy atom. The molecule has 1 saturated heterocycles. The van der Waals surface area contributed by atoms with Crippen molar-refractivity contribution in [1.29, 1.82) is 0 Å². The van der Waals surface area contributed by atoms with Crippen LogP contribution in [0.4, 0.5) is 13.2 Å². The van der Waals surface area contributed by atoms with E-state index in [9.17, 15) is 23.1 Å². The van der Waals surface area contributed by atoms with Gasteiger partial charge in [0.25, 0.3) is 5.60 Å². The van der Waals surface area contributed by atoms with E-state index >= 15 is 0 Å². The summed E-state index contributed by atoms with van der Waals surface area (Å²) in [7, 11) is 0. The predicted molar refractivity (Wildman–Crippen MR) is 120 cm³/mol. The van der Waals surface area contributed by atoms with E-state index in [0.717, 1.165) is 0 Å². The van der Waals surface area contributed by atoms with Gasteiger partial charge in [0.1, 0.15) is 11.7 Å². The number of likely N-dealkylation sites (tertiary alicyclic amines) is 1. The third-order valence-corrected chi connectivity index (χ3v) is 6.88. The van der Waals surface area contributed by atoms with Gasteiger partial charge in [-0.25, -0.2) is 0 Å². The molecule has 1 aromatic carbocycles. The smallest absolute Gasteiger partial charge is 0.391 e. The van der Waals surface area contributed by atoms with Gasteiger partial charge in [-0.05, 0) is 25.0 Å². The average molecular weight is 544 g/mol. The lowest BCUT2D eigenvalue weighted by Gasteiger charge is -2.31. The number of aliphatic hydroxyl groups excluding tert-OH is 1. The topological polar surface area (TPSA) is 88.2 Å². The minimum absolute atomic E-state index is 0.0177. The van der Waals surface area contributed by atoms with Crippen LogP contribution >= 0.6 is 15.9 Å². The summed E-state index contributed by atoms with van der Waals surface area (Å²) in [5, 5.41) is 18.0. The number of hydrogen-bond acceptors (Lipinski definition) is 6. The molecule has 1 N–H and O–H groups in total. The van der Waals surface area contributed by atoms with E-state index in [4.69, 9.17) is 9.36 Å². The zero-order valence-electron chi connectivity index (χ0n) is 18.8. The normalized spacial score (nSPS) is 26.0. The van der Waals surface area contributed by atoms with Gasteiger partial charge in [-0.3, -0.25) is 4.79 Å². The molecule has 3 heterocycles. The molecule has 1 aromatic heterocycles. The van der Waals surface area contributed by atoms with Crippen molar-refractivity contribution < 1.29 is 32.4 Å². The van der Waals surface area contributed by atoms with Crippen LogP contribution in [0.25, 0.3) is 0 Å². The molecular formula is C23H25BrF3N3O4. The van der Waals surface area contributed by atoms with E-state index in [2.05, 4.69) is 26.2 Å². The van der Waals surface area contributed by atoms with Crippen LogP contribution in [0.5, 0.6) is 0 Å². The molecule has 0 spiro atoms. The molecule has 34 heavy (non-hydrogen) atoms. The number of amides is 1. The Kier molecular flexibility index (Phi) is 6.54. The van der Waals surface area contributed by atoms with Crippen LogP contribution in [-0.2, 0) is 15.2 Å². The van der Waals surface area contributed by atoms with E-state index < -0.39 is 36.3 Å². The second-order valence-electron chi connectivity index (χ2n) is 9.17. The molecule has 1 fully saturated rings. The highest BCUT2D eigenvalue weighted by molar-refractivity contribution is 9.10. The third-order valence-electron chi connectivity index (χ3n) is 6.35. The maximum absolute atomic E-state index is 14.3. The zero-order valence-corrected chi connectivity index (χ0v) is 20.4. The van der Waals surface area contributed by atoms with E-state index in [1.807, 2.05) is 13.8 Å². The lowest BCUT2D eigenvalue weighted by atomic mass is 9.85. The summed E-state index contributed by atoms with van der Waals surface area (Å²) in [5.74, 6) is -0.849. The Morgan fingerprint density at radius 3 is 2.53 bits per heavy atom. The van der Waals surface area contributed by atoms with E-state index in [1.165, 1.54) is 29.2 Å². The van der Waals surface area contributed by atoms with E-state index in [0.29, 0.717) is 15.9 Å². The van der Waals surface area contributed by atoms with Gasteiger partial charge in [0.15, 0.2) is 0 Å². The Hall–Kier alpha value is -2.40. The monoisotopic (exact) mass is 543 g/mol. The summed E-state index contributed by atoms with van der Waals surface area (Å²) in [6.07, 6.45) is -6.15. The molecule has 0 aliphatic carbocycles. The third kappa shape index (κ3) is 4.35. The Labute approximate surface area is 203 Å². The van der Waals surface area contributed by atoms with Crippen molar-refractivity contribution in [2.45, 2.75) is 63.5 Å². The van der Waals surface area contributed by atoms with Crippen molar-refractivity contribution in [3.8, 4) is 0 Å². The summed E-state index contributed by atoms with van der Waals surface area (Å²) >= 11 is 3.23. The second kappa shape index (κ2) is 8.99. The van der Waals surface area contributed by atoms with Gasteiger partial charge in [0.05, 0.1) is 23.6 Å². The number of oxime groups is 1. The number of carbonyl (C=O) groups excluding carboxylic acids is 1. The van der Waals surface area contributed by atoms with Crippen LogP contribution in [0.15, 0.2) is 44.5 Å². The first kappa shape index (κ1) is 24.7. The van der Waals surface area contributed by atoms with Gasteiger partial charge in [0.2, 0.25) is 5.91 Å². The number of alkyl halides is 3. The molecule has 2 aromatic rings. The fourth-order valence-electron chi connectivity index (χ4n) is 4.64. The predicted octanol–water partition coefficient (Wildman–Crippen LogP) is 4.68. The first-order valence-corrected chi connectivity index (χ1v) is 11.7. The minimum atomic E-state index is -4.75. The number of aryl methyl sites for hydroxylation is 1. The van der Waals surface area contributed by atoms with Crippen LogP contribution in [0.1, 0.15) is 49.6 Å².